The van der Waals surface area contributed by atoms with E-state index in [1.807, 2.05) is 30.3 Å². The third-order valence-corrected chi connectivity index (χ3v) is 4.03. The third kappa shape index (κ3) is 4.02. The Kier molecular flexibility index (Phi) is 5.21. The monoisotopic (exact) mass is 412 g/mol. The molecule has 8 nitrogen and oxygen atoms in total. The number of carbonyl (C=O) groups is 1. The van der Waals surface area contributed by atoms with Crippen LogP contribution in [-0.2, 0) is 9.53 Å². The van der Waals surface area contributed by atoms with Crippen LogP contribution in [0.15, 0.2) is 65.4 Å². The van der Waals surface area contributed by atoms with Crippen LogP contribution in [0, 0.1) is 0 Å². The number of hydrogen-bond donors (Lipinski definition) is 0. The molecule has 0 saturated carbocycles. The van der Waals surface area contributed by atoms with Crippen molar-refractivity contribution in [1.82, 2.24) is 15.0 Å². The Hall–Kier alpha value is -4.08. The van der Waals surface area contributed by atoms with Crippen LogP contribution in [0.25, 0.3) is 11.8 Å². The third-order valence-electron chi connectivity index (χ3n) is 4.03. The summed E-state index contributed by atoms with van der Waals surface area (Å²) >= 11 is 0. The minimum Gasteiger partial charge on any atom is -0.493 e. The maximum atomic E-state index is 12.5. The van der Waals surface area contributed by atoms with E-state index in [9.17, 15) is 13.6 Å². The average Bonchev–Trinajstić information content (AvgIpc) is 3.36. The van der Waals surface area contributed by atoms with Crippen molar-refractivity contribution in [2.24, 2.45) is 4.99 Å². The van der Waals surface area contributed by atoms with Gasteiger partial charge in [0.1, 0.15) is 5.69 Å². The summed E-state index contributed by atoms with van der Waals surface area (Å²) in [5.41, 5.74) is 1.56. The highest BCUT2D eigenvalue weighted by Gasteiger charge is 2.25. The normalized spacial score (nSPS) is 14.7. The molecule has 10 heteroatoms. The average molecular weight is 412 g/mol. The van der Waals surface area contributed by atoms with Gasteiger partial charge >= 0.3 is 12.6 Å². The van der Waals surface area contributed by atoms with Gasteiger partial charge in [-0.05, 0) is 30.3 Å². The summed E-state index contributed by atoms with van der Waals surface area (Å²) in [6.07, 6.45) is 2.92. The number of cyclic esters (lactones) is 1. The van der Waals surface area contributed by atoms with E-state index >= 15 is 0 Å². The maximum Gasteiger partial charge on any atom is 0.387 e. The molecule has 0 aliphatic carbocycles. The van der Waals surface area contributed by atoms with Crippen LogP contribution in [0.2, 0.25) is 0 Å². The number of methoxy groups -OCH3 is 1. The zero-order chi connectivity index (χ0) is 21.1. The summed E-state index contributed by atoms with van der Waals surface area (Å²) in [4.78, 5) is 17.8. The predicted molar refractivity (Wildman–Crippen MR) is 102 cm³/mol. The Labute approximate surface area is 169 Å². The fourth-order valence-electron chi connectivity index (χ4n) is 2.69. The Balaban J connectivity index is 1.59. The van der Waals surface area contributed by atoms with E-state index in [-0.39, 0.29) is 23.1 Å². The number of aromatic nitrogens is 3. The van der Waals surface area contributed by atoms with Crippen LogP contribution in [-0.4, -0.2) is 40.6 Å². The molecule has 0 amide bonds. The highest BCUT2D eigenvalue weighted by Crippen LogP contribution is 2.31. The second kappa shape index (κ2) is 8.11. The number of esters is 1. The number of carbonyl (C=O) groups excluding carboxylic acids is 1. The summed E-state index contributed by atoms with van der Waals surface area (Å²) in [5.74, 6) is -0.765. The maximum absolute atomic E-state index is 12.5. The van der Waals surface area contributed by atoms with Gasteiger partial charge in [0.25, 0.3) is 0 Å². The standard InChI is InChI=1S/C20H14F2N4O4/c1-28-17-9-12(7-8-16(17)29-20(21)22)18-24-15(19(27)30-18)10-13-11-23-26(25-13)14-5-3-2-4-6-14/h2-11,20H,1H3/b15-10-. The number of rotatable bonds is 6. The van der Waals surface area contributed by atoms with Gasteiger partial charge in [-0.2, -0.15) is 18.7 Å². The number of halogens is 2. The molecule has 1 aliphatic rings. The van der Waals surface area contributed by atoms with Crippen LogP contribution in [0.1, 0.15) is 11.3 Å². The molecule has 3 aromatic rings. The first-order valence-corrected chi connectivity index (χ1v) is 8.67. The molecule has 1 aliphatic heterocycles. The van der Waals surface area contributed by atoms with E-state index in [2.05, 4.69) is 19.9 Å². The molecule has 0 N–H and O–H groups in total. The van der Waals surface area contributed by atoms with Gasteiger partial charge in [-0.15, -0.1) is 5.10 Å². The minimum atomic E-state index is -3.00. The van der Waals surface area contributed by atoms with Crippen molar-refractivity contribution in [2.75, 3.05) is 7.11 Å². The topological polar surface area (TPSA) is 87.8 Å². The van der Waals surface area contributed by atoms with E-state index in [1.54, 1.807) is 0 Å². The summed E-state index contributed by atoms with van der Waals surface area (Å²) < 4.78 is 39.6. The molecule has 0 radical (unpaired) electrons. The van der Waals surface area contributed by atoms with Crippen LogP contribution in [0.5, 0.6) is 11.5 Å². The minimum absolute atomic E-state index is 0.00333. The molecule has 2 aromatic carbocycles. The van der Waals surface area contributed by atoms with E-state index in [4.69, 9.17) is 9.47 Å². The van der Waals surface area contributed by atoms with Gasteiger partial charge in [0.05, 0.1) is 19.0 Å². The number of benzene rings is 2. The fourth-order valence-corrected chi connectivity index (χ4v) is 2.69. The summed E-state index contributed by atoms with van der Waals surface area (Å²) in [6.45, 7) is -3.00. The Morgan fingerprint density at radius 3 is 2.67 bits per heavy atom. The van der Waals surface area contributed by atoms with Gasteiger partial charge in [-0.3, -0.25) is 0 Å². The molecule has 0 fully saturated rings. The molecule has 2 heterocycles. The van der Waals surface area contributed by atoms with Gasteiger partial charge in [0.2, 0.25) is 5.90 Å². The van der Waals surface area contributed by atoms with Gasteiger partial charge in [-0.25, -0.2) is 9.79 Å². The zero-order valence-electron chi connectivity index (χ0n) is 15.5. The number of hydrogen-bond acceptors (Lipinski definition) is 7. The van der Waals surface area contributed by atoms with Gasteiger partial charge in [0.15, 0.2) is 17.2 Å². The molecule has 1 aromatic heterocycles. The Bertz CT molecular complexity index is 1140. The molecule has 30 heavy (non-hydrogen) atoms. The lowest BCUT2D eigenvalue weighted by Crippen LogP contribution is -2.07. The number of alkyl halides is 2. The van der Waals surface area contributed by atoms with Gasteiger partial charge < -0.3 is 14.2 Å². The summed E-state index contributed by atoms with van der Waals surface area (Å²) in [5, 5.41) is 8.44. The second-order valence-corrected chi connectivity index (χ2v) is 5.97. The predicted octanol–water partition coefficient (Wildman–Crippen LogP) is 3.22. The molecule has 0 atom stereocenters. The molecular formula is C20H14F2N4O4. The number of ether oxygens (including phenoxy) is 3. The van der Waals surface area contributed by atoms with Crippen molar-refractivity contribution >= 4 is 17.9 Å². The highest BCUT2D eigenvalue weighted by molar-refractivity contribution is 6.12. The van der Waals surface area contributed by atoms with E-state index < -0.39 is 12.6 Å². The first kappa shape index (κ1) is 19.2. The number of para-hydroxylation sites is 1. The van der Waals surface area contributed by atoms with Crippen molar-refractivity contribution in [3.8, 4) is 17.2 Å². The van der Waals surface area contributed by atoms with Crippen molar-refractivity contribution in [2.45, 2.75) is 6.61 Å². The lowest BCUT2D eigenvalue weighted by Gasteiger charge is -2.10. The van der Waals surface area contributed by atoms with E-state index in [0.717, 1.165) is 5.69 Å². The largest absolute Gasteiger partial charge is 0.493 e. The molecule has 152 valence electrons. The van der Waals surface area contributed by atoms with Crippen molar-refractivity contribution in [1.29, 1.82) is 0 Å². The molecule has 0 bridgehead atoms. The molecule has 4 rings (SSSR count). The van der Waals surface area contributed by atoms with E-state index in [0.29, 0.717) is 11.3 Å². The first-order chi connectivity index (χ1) is 14.5. The fraction of sp³-hybridized carbons (Fsp3) is 0.100. The molecule has 0 spiro atoms. The molecular weight excluding hydrogens is 398 g/mol. The Morgan fingerprint density at radius 2 is 1.93 bits per heavy atom. The van der Waals surface area contributed by atoms with Crippen molar-refractivity contribution in [3.63, 3.8) is 0 Å². The smallest absolute Gasteiger partial charge is 0.387 e. The lowest BCUT2D eigenvalue weighted by atomic mass is 10.2. The second-order valence-electron chi connectivity index (χ2n) is 5.97. The molecule has 0 unspecified atom stereocenters. The van der Waals surface area contributed by atoms with E-state index in [1.165, 1.54) is 42.4 Å². The summed E-state index contributed by atoms with van der Waals surface area (Å²) in [6, 6.07) is 13.4. The SMILES string of the molecule is COc1cc(C2=N/C(=C\c3cnn(-c4ccccc4)n3)C(=O)O2)ccc1OC(F)F. The summed E-state index contributed by atoms with van der Waals surface area (Å²) in [7, 11) is 1.31. The first-order valence-electron chi connectivity index (χ1n) is 8.67. The van der Waals surface area contributed by atoms with Crippen molar-refractivity contribution in [3.05, 3.63) is 71.7 Å². The number of nitrogens with zero attached hydrogens (tertiary/aromatic N) is 4. The van der Waals surface area contributed by atoms with Crippen LogP contribution >= 0.6 is 0 Å². The molecule has 0 saturated heterocycles. The van der Waals surface area contributed by atoms with Gasteiger partial charge in [0, 0.05) is 11.6 Å². The Morgan fingerprint density at radius 1 is 1.13 bits per heavy atom. The van der Waals surface area contributed by atoms with Gasteiger partial charge in [-0.1, -0.05) is 18.2 Å². The van der Waals surface area contributed by atoms with Crippen LogP contribution in [0.4, 0.5) is 8.78 Å². The number of aliphatic imine (C=N–C) groups is 1. The van der Waals surface area contributed by atoms with Crippen LogP contribution < -0.4 is 9.47 Å². The lowest BCUT2D eigenvalue weighted by molar-refractivity contribution is -0.129. The quantitative estimate of drug-likeness (QED) is 0.456. The van der Waals surface area contributed by atoms with Crippen LogP contribution in [0.3, 0.4) is 0 Å². The highest BCUT2D eigenvalue weighted by atomic mass is 19.3. The zero-order valence-corrected chi connectivity index (χ0v) is 15.5. The van der Waals surface area contributed by atoms with Crippen molar-refractivity contribution < 1.29 is 27.8 Å².